The highest BCUT2D eigenvalue weighted by atomic mass is 16.4. The number of carboxylic acids is 1. The molecule has 1 aliphatic carbocycles. The van der Waals surface area contributed by atoms with Crippen molar-refractivity contribution in [3.63, 3.8) is 0 Å². The summed E-state index contributed by atoms with van der Waals surface area (Å²) in [6.07, 6.45) is 6.15. The van der Waals surface area contributed by atoms with Crippen LogP contribution < -0.4 is 5.73 Å². The number of aliphatic carboxylic acids is 1. The third-order valence-electron chi connectivity index (χ3n) is 2.73. The van der Waals surface area contributed by atoms with Gasteiger partial charge >= 0.3 is 5.97 Å². The molecule has 0 bridgehead atoms. The summed E-state index contributed by atoms with van der Waals surface area (Å²) >= 11 is 0. The molecule has 0 spiro atoms. The van der Waals surface area contributed by atoms with E-state index in [0.717, 1.165) is 31.6 Å². The van der Waals surface area contributed by atoms with Gasteiger partial charge in [0.1, 0.15) is 0 Å². The second kappa shape index (κ2) is 5.22. The highest BCUT2D eigenvalue weighted by Gasteiger charge is 2.24. The van der Waals surface area contributed by atoms with Gasteiger partial charge in [-0.15, -0.1) is 0 Å². The van der Waals surface area contributed by atoms with Gasteiger partial charge in [-0.3, -0.25) is 4.79 Å². The first-order chi connectivity index (χ1) is 6.24. The molecular weight excluding hydrogens is 166 g/mol. The second-order valence-corrected chi connectivity index (χ2v) is 3.99. The van der Waals surface area contributed by atoms with Gasteiger partial charge in [0.05, 0.1) is 5.92 Å². The SMILES string of the molecule is NCCCC(CCC1CC1)C(=O)O. The molecule has 0 amide bonds. The largest absolute Gasteiger partial charge is 0.481 e. The van der Waals surface area contributed by atoms with Gasteiger partial charge < -0.3 is 10.8 Å². The minimum absolute atomic E-state index is 0.149. The van der Waals surface area contributed by atoms with Crippen molar-refractivity contribution in [1.29, 1.82) is 0 Å². The summed E-state index contributed by atoms with van der Waals surface area (Å²) in [5.41, 5.74) is 5.35. The van der Waals surface area contributed by atoms with Crippen LogP contribution in [0.3, 0.4) is 0 Å². The molecule has 1 rings (SSSR count). The minimum atomic E-state index is -0.644. The van der Waals surface area contributed by atoms with Crippen molar-refractivity contribution in [3.05, 3.63) is 0 Å². The lowest BCUT2D eigenvalue weighted by atomic mass is 9.96. The van der Waals surface area contributed by atoms with Gasteiger partial charge in [-0.2, -0.15) is 0 Å². The number of carbonyl (C=O) groups is 1. The van der Waals surface area contributed by atoms with Crippen molar-refractivity contribution in [2.75, 3.05) is 6.54 Å². The fraction of sp³-hybridized carbons (Fsp3) is 0.900. The summed E-state index contributed by atoms with van der Waals surface area (Å²) in [7, 11) is 0. The average Bonchev–Trinajstić information content (AvgIpc) is 2.87. The molecule has 1 unspecified atom stereocenters. The molecule has 0 aliphatic heterocycles. The van der Waals surface area contributed by atoms with Crippen LogP contribution in [-0.4, -0.2) is 17.6 Å². The van der Waals surface area contributed by atoms with Gasteiger partial charge in [-0.05, 0) is 38.1 Å². The van der Waals surface area contributed by atoms with E-state index < -0.39 is 5.97 Å². The van der Waals surface area contributed by atoms with E-state index in [4.69, 9.17) is 10.8 Å². The molecule has 0 aromatic heterocycles. The van der Waals surface area contributed by atoms with Crippen LogP contribution in [0, 0.1) is 11.8 Å². The highest BCUT2D eigenvalue weighted by molar-refractivity contribution is 5.69. The summed E-state index contributed by atoms with van der Waals surface area (Å²) < 4.78 is 0. The van der Waals surface area contributed by atoms with Gasteiger partial charge in [0, 0.05) is 0 Å². The number of nitrogens with two attached hydrogens (primary N) is 1. The van der Waals surface area contributed by atoms with E-state index in [2.05, 4.69) is 0 Å². The van der Waals surface area contributed by atoms with Crippen LogP contribution in [0.1, 0.15) is 38.5 Å². The Bertz CT molecular complexity index is 166. The number of rotatable bonds is 7. The van der Waals surface area contributed by atoms with Crippen molar-refractivity contribution in [3.8, 4) is 0 Å². The molecule has 0 aromatic rings. The molecule has 0 aromatic carbocycles. The van der Waals surface area contributed by atoms with Gasteiger partial charge in [0.15, 0.2) is 0 Å². The van der Waals surface area contributed by atoms with Crippen LogP contribution in [0.5, 0.6) is 0 Å². The van der Waals surface area contributed by atoms with E-state index in [1.807, 2.05) is 0 Å². The van der Waals surface area contributed by atoms with Crippen LogP contribution in [0.25, 0.3) is 0 Å². The molecular formula is C10H19NO2. The smallest absolute Gasteiger partial charge is 0.306 e. The molecule has 1 saturated carbocycles. The maximum absolute atomic E-state index is 10.8. The van der Waals surface area contributed by atoms with Crippen LogP contribution >= 0.6 is 0 Å². The minimum Gasteiger partial charge on any atom is -0.481 e. The third-order valence-corrected chi connectivity index (χ3v) is 2.73. The van der Waals surface area contributed by atoms with Crippen LogP contribution in [0.2, 0.25) is 0 Å². The van der Waals surface area contributed by atoms with Crippen LogP contribution in [-0.2, 0) is 4.79 Å². The Morgan fingerprint density at radius 2 is 2.15 bits per heavy atom. The predicted molar refractivity (Wildman–Crippen MR) is 51.4 cm³/mol. The first-order valence-corrected chi connectivity index (χ1v) is 5.17. The van der Waals surface area contributed by atoms with E-state index in [-0.39, 0.29) is 5.92 Å². The average molecular weight is 185 g/mol. The highest BCUT2D eigenvalue weighted by Crippen LogP contribution is 2.35. The van der Waals surface area contributed by atoms with Gasteiger partial charge in [0.2, 0.25) is 0 Å². The van der Waals surface area contributed by atoms with Crippen molar-refractivity contribution in [1.82, 2.24) is 0 Å². The number of hydrogen-bond acceptors (Lipinski definition) is 2. The number of carboxylic acid groups (broad SMARTS) is 1. The molecule has 76 valence electrons. The third kappa shape index (κ3) is 4.27. The van der Waals surface area contributed by atoms with E-state index in [9.17, 15) is 4.79 Å². The second-order valence-electron chi connectivity index (χ2n) is 3.99. The Morgan fingerprint density at radius 1 is 1.46 bits per heavy atom. The lowest BCUT2D eigenvalue weighted by Crippen LogP contribution is -2.15. The fourth-order valence-corrected chi connectivity index (χ4v) is 1.60. The first kappa shape index (κ1) is 10.5. The molecule has 1 fully saturated rings. The summed E-state index contributed by atoms with van der Waals surface area (Å²) in [4.78, 5) is 10.8. The summed E-state index contributed by atoms with van der Waals surface area (Å²) in [6, 6.07) is 0. The maximum atomic E-state index is 10.8. The Hall–Kier alpha value is -0.570. The van der Waals surface area contributed by atoms with Crippen LogP contribution in [0.4, 0.5) is 0 Å². The van der Waals surface area contributed by atoms with Gasteiger partial charge in [0.25, 0.3) is 0 Å². The summed E-state index contributed by atoms with van der Waals surface area (Å²) in [5, 5.41) is 8.89. The molecule has 3 nitrogen and oxygen atoms in total. The van der Waals surface area contributed by atoms with E-state index in [0.29, 0.717) is 6.54 Å². The Morgan fingerprint density at radius 3 is 2.62 bits per heavy atom. The quantitative estimate of drug-likeness (QED) is 0.633. The molecule has 3 N–H and O–H groups in total. The zero-order valence-electron chi connectivity index (χ0n) is 8.04. The zero-order chi connectivity index (χ0) is 9.68. The fourth-order valence-electron chi connectivity index (χ4n) is 1.60. The van der Waals surface area contributed by atoms with Crippen molar-refractivity contribution in [2.45, 2.75) is 38.5 Å². The topological polar surface area (TPSA) is 63.3 Å². The van der Waals surface area contributed by atoms with Crippen LogP contribution in [0.15, 0.2) is 0 Å². The van der Waals surface area contributed by atoms with Crippen molar-refractivity contribution < 1.29 is 9.90 Å². The van der Waals surface area contributed by atoms with Gasteiger partial charge in [-0.1, -0.05) is 12.8 Å². The molecule has 0 heterocycles. The maximum Gasteiger partial charge on any atom is 0.306 e. The van der Waals surface area contributed by atoms with E-state index in [1.54, 1.807) is 0 Å². The van der Waals surface area contributed by atoms with Gasteiger partial charge in [-0.25, -0.2) is 0 Å². The lowest BCUT2D eigenvalue weighted by molar-refractivity contribution is -0.142. The Labute approximate surface area is 79.3 Å². The normalized spacial score (nSPS) is 18.5. The Balaban J connectivity index is 2.15. The molecule has 0 radical (unpaired) electrons. The molecule has 0 saturated heterocycles. The van der Waals surface area contributed by atoms with E-state index in [1.165, 1.54) is 12.8 Å². The van der Waals surface area contributed by atoms with E-state index >= 15 is 0 Å². The monoisotopic (exact) mass is 185 g/mol. The summed E-state index contributed by atoms with van der Waals surface area (Å²) in [6.45, 7) is 0.604. The number of hydrogen-bond donors (Lipinski definition) is 2. The van der Waals surface area contributed by atoms with Crippen molar-refractivity contribution in [2.24, 2.45) is 17.6 Å². The molecule has 3 heteroatoms. The molecule has 1 atom stereocenters. The standard InChI is InChI=1S/C10H19NO2/c11-7-1-2-9(10(12)13)6-5-8-3-4-8/h8-9H,1-7,11H2,(H,12,13). The zero-order valence-corrected chi connectivity index (χ0v) is 8.04. The predicted octanol–water partition coefficient (Wildman–Crippen LogP) is 1.62. The molecule has 1 aliphatic rings. The lowest BCUT2D eigenvalue weighted by Gasteiger charge is -2.10. The molecule has 13 heavy (non-hydrogen) atoms. The van der Waals surface area contributed by atoms with Crippen molar-refractivity contribution >= 4 is 5.97 Å². The first-order valence-electron chi connectivity index (χ1n) is 5.17. The summed E-state index contributed by atoms with van der Waals surface area (Å²) in [5.74, 6) is 0.0398. The Kier molecular flexibility index (Phi) is 4.22.